The summed E-state index contributed by atoms with van der Waals surface area (Å²) >= 11 is 0. The second-order valence-corrected chi connectivity index (χ2v) is 8.32. The molecule has 3 aromatic carbocycles. The Labute approximate surface area is 193 Å². The molecule has 2 atom stereocenters. The summed E-state index contributed by atoms with van der Waals surface area (Å²) in [6, 6.07) is 22.5. The predicted molar refractivity (Wildman–Crippen MR) is 129 cm³/mol. The van der Waals surface area contributed by atoms with Gasteiger partial charge in [-0.3, -0.25) is 4.79 Å². The van der Waals surface area contributed by atoms with Crippen LogP contribution in [0.2, 0.25) is 0 Å². The normalized spacial score (nSPS) is 13.0. The summed E-state index contributed by atoms with van der Waals surface area (Å²) in [5.74, 6) is 1.32. The SMILES string of the molecule is Cc1cccc(C)c1OC[C@H](O)Cn1c([C@H](C)NC(=O)c2ccccc2)nc2ccccc21. The van der Waals surface area contributed by atoms with Crippen LogP contribution in [0.15, 0.2) is 72.8 Å². The second kappa shape index (κ2) is 9.88. The number of nitrogens with zero attached hydrogens (tertiary/aromatic N) is 2. The van der Waals surface area contributed by atoms with E-state index in [9.17, 15) is 9.90 Å². The van der Waals surface area contributed by atoms with E-state index in [-0.39, 0.29) is 18.6 Å². The standard InChI is InChI=1S/C27H29N3O3/c1-18-10-9-11-19(2)25(18)33-17-22(31)16-30-24-15-8-7-14-23(24)29-26(30)20(3)28-27(32)21-12-5-4-6-13-21/h4-15,20,22,31H,16-17H2,1-3H3,(H,28,32)/t20-,22+/m0/s1. The van der Waals surface area contributed by atoms with Gasteiger partial charge < -0.3 is 19.7 Å². The Morgan fingerprint density at radius 2 is 1.67 bits per heavy atom. The first-order chi connectivity index (χ1) is 15.9. The molecule has 6 heteroatoms. The lowest BCUT2D eigenvalue weighted by molar-refractivity contribution is 0.0902. The van der Waals surface area contributed by atoms with Crippen LogP contribution in [0.1, 0.15) is 40.3 Å². The lowest BCUT2D eigenvalue weighted by atomic mass is 10.1. The molecule has 0 saturated carbocycles. The summed E-state index contributed by atoms with van der Waals surface area (Å²) in [5.41, 5.74) is 4.38. The van der Waals surface area contributed by atoms with Crippen LogP contribution in [0.3, 0.4) is 0 Å². The lowest BCUT2D eigenvalue weighted by Gasteiger charge is -2.20. The molecule has 0 unspecified atom stereocenters. The van der Waals surface area contributed by atoms with Crippen LogP contribution in [0.5, 0.6) is 5.75 Å². The van der Waals surface area contributed by atoms with Crippen molar-refractivity contribution in [3.8, 4) is 5.75 Å². The summed E-state index contributed by atoms with van der Waals surface area (Å²) in [6.07, 6.45) is -0.752. The van der Waals surface area contributed by atoms with Gasteiger partial charge in [-0.25, -0.2) is 4.98 Å². The molecular weight excluding hydrogens is 414 g/mol. The average Bonchev–Trinajstić information content (AvgIpc) is 3.18. The number of hydrogen-bond donors (Lipinski definition) is 2. The molecule has 170 valence electrons. The number of aliphatic hydroxyl groups is 1. The smallest absolute Gasteiger partial charge is 0.251 e. The van der Waals surface area contributed by atoms with Crippen LogP contribution in [-0.4, -0.2) is 33.3 Å². The Bertz CT molecular complexity index is 1230. The number of hydrogen-bond acceptors (Lipinski definition) is 4. The number of carbonyl (C=O) groups excluding carboxylic acids is 1. The molecule has 2 N–H and O–H groups in total. The maximum absolute atomic E-state index is 12.7. The summed E-state index contributed by atoms with van der Waals surface area (Å²) in [5, 5.41) is 13.9. The molecule has 0 radical (unpaired) electrons. The molecule has 0 fully saturated rings. The number of aryl methyl sites for hydroxylation is 2. The number of fused-ring (bicyclic) bond motifs is 1. The zero-order valence-electron chi connectivity index (χ0n) is 19.2. The number of rotatable bonds is 8. The van der Waals surface area contributed by atoms with Crippen LogP contribution < -0.4 is 10.1 Å². The van der Waals surface area contributed by atoms with Crippen molar-refractivity contribution in [3.05, 3.63) is 95.3 Å². The Morgan fingerprint density at radius 1 is 1.00 bits per heavy atom. The van der Waals surface area contributed by atoms with Crippen molar-refractivity contribution in [2.45, 2.75) is 39.5 Å². The van der Waals surface area contributed by atoms with Gasteiger partial charge in [0.1, 0.15) is 24.3 Å². The number of nitrogens with one attached hydrogen (secondary N) is 1. The average molecular weight is 444 g/mol. The molecule has 4 rings (SSSR count). The van der Waals surface area contributed by atoms with Crippen molar-refractivity contribution < 1.29 is 14.6 Å². The minimum atomic E-state index is -0.752. The molecule has 0 aliphatic heterocycles. The number of aliphatic hydroxyl groups excluding tert-OH is 1. The molecule has 0 aliphatic carbocycles. The number of imidazole rings is 1. The molecule has 1 aromatic heterocycles. The van der Waals surface area contributed by atoms with Crippen LogP contribution in [0.4, 0.5) is 0 Å². The third kappa shape index (κ3) is 5.07. The highest BCUT2D eigenvalue weighted by molar-refractivity contribution is 5.94. The first-order valence-corrected chi connectivity index (χ1v) is 11.1. The summed E-state index contributed by atoms with van der Waals surface area (Å²) < 4.78 is 7.92. The molecule has 33 heavy (non-hydrogen) atoms. The Morgan fingerprint density at radius 3 is 2.39 bits per heavy atom. The highest BCUT2D eigenvalue weighted by Crippen LogP contribution is 2.24. The van der Waals surface area contributed by atoms with Crippen LogP contribution in [0.25, 0.3) is 11.0 Å². The lowest BCUT2D eigenvalue weighted by Crippen LogP contribution is -2.31. The van der Waals surface area contributed by atoms with Gasteiger partial charge in [-0.2, -0.15) is 0 Å². The van der Waals surface area contributed by atoms with Gasteiger partial charge in [-0.15, -0.1) is 0 Å². The predicted octanol–water partition coefficient (Wildman–Crippen LogP) is 4.58. The molecule has 1 amide bonds. The summed E-state index contributed by atoms with van der Waals surface area (Å²) in [4.78, 5) is 17.4. The first kappa shape index (κ1) is 22.6. The third-order valence-corrected chi connectivity index (χ3v) is 5.68. The van der Waals surface area contributed by atoms with Crippen molar-refractivity contribution in [1.82, 2.24) is 14.9 Å². The van der Waals surface area contributed by atoms with E-state index in [0.29, 0.717) is 17.9 Å². The van der Waals surface area contributed by atoms with Gasteiger partial charge in [-0.05, 0) is 56.2 Å². The molecule has 0 bridgehead atoms. The largest absolute Gasteiger partial charge is 0.490 e. The molecular formula is C27H29N3O3. The monoisotopic (exact) mass is 443 g/mol. The Kier molecular flexibility index (Phi) is 6.75. The maximum atomic E-state index is 12.7. The zero-order chi connectivity index (χ0) is 23.4. The number of carbonyl (C=O) groups is 1. The maximum Gasteiger partial charge on any atom is 0.251 e. The van der Waals surface area contributed by atoms with Crippen molar-refractivity contribution in [3.63, 3.8) is 0 Å². The van der Waals surface area contributed by atoms with E-state index in [1.165, 1.54) is 0 Å². The van der Waals surface area contributed by atoms with Gasteiger partial charge in [0.25, 0.3) is 5.91 Å². The van der Waals surface area contributed by atoms with E-state index in [1.54, 1.807) is 12.1 Å². The van der Waals surface area contributed by atoms with Gasteiger partial charge in [0.2, 0.25) is 0 Å². The molecule has 1 heterocycles. The van der Waals surface area contributed by atoms with Crippen molar-refractivity contribution >= 4 is 16.9 Å². The minimum absolute atomic E-state index is 0.155. The molecule has 0 spiro atoms. The fraction of sp³-hybridized carbons (Fsp3) is 0.259. The molecule has 0 saturated heterocycles. The summed E-state index contributed by atoms with van der Waals surface area (Å²) in [6.45, 7) is 6.34. The van der Waals surface area contributed by atoms with E-state index in [2.05, 4.69) is 5.32 Å². The van der Waals surface area contributed by atoms with Gasteiger partial charge in [0, 0.05) is 5.56 Å². The second-order valence-electron chi connectivity index (χ2n) is 8.32. The molecule has 6 nitrogen and oxygen atoms in total. The van der Waals surface area contributed by atoms with Crippen molar-refractivity contribution in [2.24, 2.45) is 0 Å². The number of aromatic nitrogens is 2. The minimum Gasteiger partial charge on any atom is -0.490 e. The van der Waals surface area contributed by atoms with E-state index < -0.39 is 6.10 Å². The highest BCUT2D eigenvalue weighted by Gasteiger charge is 2.21. The molecule has 0 aliphatic rings. The van der Waals surface area contributed by atoms with E-state index in [0.717, 1.165) is 27.9 Å². The zero-order valence-corrected chi connectivity index (χ0v) is 19.2. The first-order valence-electron chi connectivity index (χ1n) is 11.1. The Balaban J connectivity index is 1.54. The van der Waals surface area contributed by atoms with Gasteiger partial charge >= 0.3 is 0 Å². The van der Waals surface area contributed by atoms with E-state index in [1.807, 2.05) is 86.0 Å². The van der Waals surface area contributed by atoms with Gasteiger partial charge in [0.15, 0.2) is 0 Å². The topological polar surface area (TPSA) is 76.4 Å². The fourth-order valence-electron chi connectivity index (χ4n) is 4.02. The van der Waals surface area contributed by atoms with E-state index in [4.69, 9.17) is 9.72 Å². The quantitative estimate of drug-likeness (QED) is 0.418. The van der Waals surface area contributed by atoms with Crippen LogP contribution >= 0.6 is 0 Å². The number of para-hydroxylation sites is 3. The van der Waals surface area contributed by atoms with Gasteiger partial charge in [0.05, 0.1) is 23.6 Å². The van der Waals surface area contributed by atoms with Crippen LogP contribution in [-0.2, 0) is 6.54 Å². The third-order valence-electron chi connectivity index (χ3n) is 5.68. The summed E-state index contributed by atoms with van der Waals surface area (Å²) in [7, 11) is 0. The van der Waals surface area contributed by atoms with E-state index >= 15 is 0 Å². The number of amides is 1. The van der Waals surface area contributed by atoms with Crippen molar-refractivity contribution in [2.75, 3.05) is 6.61 Å². The molecule has 4 aromatic rings. The van der Waals surface area contributed by atoms with Crippen LogP contribution in [0, 0.1) is 13.8 Å². The fourth-order valence-corrected chi connectivity index (χ4v) is 4.02. The van der Waals surface area contributed by atoms with Gasteiger partial charge in [-0.1, -0.05) is 48.5 Å². The highest BCUT2D eigenvalue weighted by atomic mass is 16.5. The van der Waals surface area contributed by atoms with Crippen molar-refractivity contribution in [1.29, 1.82) is 0 Å². The number of benzene rings is 3. The Hall–Kier alpha value is -3.64. The number of ether oxygens (including phenoxy) is 1.